The second-order valence-corrected chi connectivity index (χ2v) is 7.34. The first-order valence-electron chi connectivity index (χ1n) is 9.82. The van der Waals surface area contributed by atoms with Gasteiger partial charge in [0.1, 0.15) is 17.9 Å². The molecule has 1 unspecified atom stereocenters. The molecule has 2 aromatic carbocycles. The Kier molecular flexibility index (Phi) is 5.18. The highest BCUT2D eigenvalue weighted by molar-refractivity contribution is 6.11. The van der Waals surface area contributed by atoms with E-state index in [1.165, 1.54) is 0 Å². The summed E-state index contributed by atoms with van der Waals surface area (Å²) in [4.78, 5) is 35.6. The number of nitrogens with one attached hydrogen (secondary N) is 2. The van der Waals surface area contributed by atoms with E-state index in [0.717, 1.165) is 22.4 Å². The summed E-state index contributed by atoms with van der Waals surface area (Å²) in [5.41, 5.74) is 5.53. The fourth-order valence-electron chi connectivity index (χ4n) is 3.69. The minimum Gasteiger partial charge on any atom is -0.325 e. The summed E-state index contributed by atoms with van der Waals surface area (Å²) in [5.74, 6) is -1.21. The Labute approximate surface area is 174 Å². The molecule has 0 saturated carbocycles. The number of rotatable bonds is 6. The Balaban J connectivity index is 1.46. The number of anilines is 2. The number of carbonyl (C=O) groups excluding carboxylic acids is 3. The van der Waals surface area contributed by atoms with Gasteiger partial charge >= 0.3 is 0 Å². The average Bonchev–Trinajstić information content (AvgIpc) is 3.27. The molecule has 2 N–H and O–H groups in total. The van der Waals surface area contributed by atoms with E-state index >= 15 is 0 Å². The highest BCUT2D eigenvalue weighted by Crippen LogP contribution is 2.32. The first-order valence-corrected chi connectivity index (χ1v) is 9.82. The van der Waals surface area contributed by atoms with E-state index in [2.05, 4.69) is 15.7 Å². The van der Waals surface area contributed by atoms with Crippen molar-refractivity contribution in [2.24, 2.45) is 0 Å². The van der Waals surface area contributed by atoms with Gasteiger partial charge in [0.15, 0.2) is 0 Å². The van der Waals surface area contributed by atoms with Crippen LogP contribution in [-0.4, -0.2) is 27.9 Å². The summed E-state index contributed by atoms with van der Waals surface area (Å²) in [6.07, 6.45) is 1.33. The second kappa shape index (κ2) is 7.94. The molecule has 2 amide bonds. The predicted octanol–water partition coefficient (Wildman–Crippen LogP) is 3.29. The van der Waals surface area contributed by atoms with Crippen LogP contribution in [0.1, 0.15) is 45.7 Å². The minimum absolute atomic E-state index is 0.194. The van der Waals surface area contributed by atoms with Crippen LogP contribution in [0.2, 0.25) is 0 Å². The van der Waals surface area contributed by atoms with Crippen LogP contribution in [0, 0.1) is 6.92 Å². The third-order valence-corrected chi connectivity index (χ3v) is 5.18. The van der Waals surface area contributed by atoms with Crippen molar-refractivity contribution >= 4 is 29.5 Å². The molecule has 1 aliphatic heterocycles. The van der Waals surface area contributed by atoms with E-state index in [9.17, 15) is 14.4 Å². The van der Waals surface area contributed by atoms with Crippen molar-refractivity contribution < 1.29 is 14.4 Å². The zero-order valence-electron chi connectivity index (χ0n) is 16.8. The van der Waals surface area contributed by atoms with Crippen LogP contribution in [-0.2, 0) is 22.6 Å². The molecule has 7 heteroatoms. The molecule has 152 valence electrons. The monoisotopic (exact) mass is 402 g/mol. The first kappa shape index (κ1) is 19.6. The summed E-state index contributed by atoms with van der Waals surface area (Å²) in [5, 5.41) is 9.93. The molecule has 0 aliphatic carbocycles. The third-order valence-electron chi connectivity index (χ3n) is 5.18. The van der Waals surface area contributed by atoms with Gasteiger partial charge in [-0.15, -0.1) is 0 Å². The van der Waals surface area contributed by atoms with Gasteiger partial charge < -0.3 is 15.4 Å². The number of aryl methyl sites for hydroxylation is 2. The molecular formula is C23H22N4O3. The van der Waals surface area contributed by atoms with E-state index in [-0.39, 0.29) is 11.8 Å². The molecular weight excluding hydrogens is 380 g/mol. The molecule has 0 saturated heterocycles. The van der Waals surface area contributed by atoms with Gasteiger partial charge in [-0.1, -0.05) is 24.3 Å². The lowest BCUT2D eigenvalue weighted by molar-refractivity contribution is -0.121. The van der Waals surface area contributed by atoms with Gasteiger partial charge in [0.25, 0.3) is 5.91 Å². The smallest absolute Gasteiger partial charge is 0.273 e. The number of aldehydes is 1. The van der Waals surface area contributed by atoms with Gasteiger partial charge in [0.2, 0.25) is 5.91 Å². The van der Waals surface area contributed by atoms with E-state index in [4.69, 9.17) is 0 Å². The lowest BCUT2D eigenvalue weighted by atomic mass is 9.97. The van der Waals surface area contributed by atoms with E-state index in [1.54, 1.807) is 10.7 Å². The van der Waals surface area contributed by atoms with Crippen molar-refractivity contribution in [3.63, 3.8) is 0 Å². The average molecular weight is 402 g/mol. The van der Waals surface area contributed by atoms with Crippen LogP contribution in [0.25, 0.3) is 0 Å². The Bertz CT molecular complexity index is 1130. The van der Waals surface area contributed by atoms with Gasteiger partial charge in [0.05, 0.1) is 5.69 Å². The van der Waals surface area contributed by atoms with Gasteiger partial charge in [-0.2, -0.15) is 5.10 Å². The molecule has 1 aliphatic rings. The lowest BCUT2D eigenvalue weighted by Crippen LogP contribution is -2.17. The maximum absolute atomic E-state index is 12.5. The Morgan fingerprint density at radius 2 is 1.90 bits per heavy atom. The quantitative estimate of drug-likeness (QED) is 0.489. The molecule has 0 spiro atoms. The molecule has 30 heavy (non-hydrogen) atoms. The molecule has 7 nitrogen and oxygen atoms in total. The topological polar surface area (TPSA) is 93.1 Å². The van der Waals surface area contributed by atoms with E-state index in [0.29, 0.717) is 36.3 Å². The van der Waals surface area contributed by atoms with Crippen molar-refractivity contribution in [2.75, 3.05) is 10.6 Å². The summed E-state index contributed by atoms with van der Waals surface area (Å²) in [7, 11) is 0. The fraction of sp³-hybridized carbons (Fsp3) is 0.217. The number of aromatic nitrogens is 2. The molecule has 4 rings (SSSR count). The van der Waals surface area contributed by atoms with Crippen molar-refractivity contribution in [1.82, 2.24) is 9.78 Å². The predicted molar refractivity (Wildman–Crippen MR) is 114 cm³/mol. The number of carbonyl (C=O) groups is 3. The SMILES string of the molecule is CCn1nc(C)cc1C(=O)Nc1ccc(Cc2ccc3c(c2)C(C=O)C(=O)N3)cc1. The zero-order valence-corrected chi connectivity index (χ0v) is 16.8. The largest absolute Gasteiger partial charge is 0.325 e. The van der Waals surface area contributed by atoms with Crippen LogP contribution >= 0.6 is 0 Å². The molecule has 0 bridgehead atoms. The van der Waals surface area contributed by atoms with Crippen LogP contribution in [0.5, 0.6) is 0 Å². The van der Waals surface area contributed by atoms with Gasteiger partial charge in [0, 0.05) is 17.9 Å². The molecule has 0 fully saturated rings. The zero-order chi connectivity index (χ0) is 21.3. The van der Waals surface area contributed by atoms with Gasteiger partial charge in [-0.3, -0.25) is 14.3 Å². The van der Waals surface area contributed by atoms with E-state index < -0.39 is 5.92 Å². The molecule has 0 radical (unpaired) electrons. The lowest BCUT2D eigenvalue weighted by Gasteiger charge is -2.09. The standard InChI is InChI=1S/C23H22N4O3/c1-3-27-21(10-14(2)26-27)23(30)24-17-7-4-15(5-8-17)11-16-6-9-20-18(12-16)19(13-28)22(29)25-20/h4-10,12-13,19H,3,11H2,1-2H3,(H,24,30)(H,25,29). The van der Waals surface area contributed by atoms with Crippen LogP contribution in [0.15, 0.2) is 48.5 Å². The van der Waals surface area contributed by atoms with Crippen LogP contribution in [0.4, 0.5) is 11.4 Å². The van der Waals surface area contributed by atoms with Crippen molar-refractivity contribution in [3.05, 3.63) is 76.6 Å². The summed E-state index contributed by atoms with van der Waals surface area (Å²) in [6.45, 7) is 4.43. The van der Waals surface area contributed by atoms with Crippen molar-refractivity contribution in [3.8, 4) is 0 Å². The van der Waals surface area contributed by atoms with E-state index in [1.807, 2.05) is 56.3 Å². The van der Waals surface area contributed by atoms with Crippen molar-refractivity contribution in [2.45, 2.75) is 32.7 Å². The summed E-state index contributed by atoms with van der Waals surface area (Å²) < 4.78 is 1.68. The second-order valence-electron chi connectivity index (χ2n) is 7.34. The number of amides is 2. The number of fused-ring (bicyclic) bond motifs is 1. The molecule has 1 atom stereocenters. The number of hydrogen-bond donors (Lipinski definition) is 2. The van der Waals surface area contributed by atoms with Crippen molar-refractivity contribution in [1.29, 1.82) is 0 Å². The maximum atomic E-state index is 12.5. The minimum atomic E-state index is -0.738. The fourth-order valence-corrected chi connectivity index (χ4v) is 3.69. The highest BCUT2D eigenvalue weighted by atomic mass is 16.2. The van der Waals surface area contributed by atoms with Crippen LogP contribution in [0.3, 0.4) is 0 Å². The molecule has 1 aromatic heterocycles. The number of hydrogen-bond acceptors (Lipinski definition) is 4. The molecule has 2 heterocycles. The Hall–Kier alpha value is -3.74. The number of nitrogens with zero attached hydrogens (tertiary/aromatic N) is 2. The molecule has 3 aromatic rings. The highest BCUT2D eigenvalue weighted by Gasteiger charge is 2.30. The first-order chi connectivity index (χ1) is 14.5. The number of benzene rings is 2. The van der Waals surface area contributed by atoms with Crippen LogP contribution < -0.4 is 10.6 Å². The summed E-state index contributed by atoms with van der Waals surface area (Å²) >= 11 is 0. The van der Waals surface area contributed by atoms with Gasteiger partial charge in [-0.25, -0.2) is 0 Å². The normalized spacial score (nSPS) is 14.9. The Morgan fingerprint density at radius 3 is 2.60 bits per heavy atom. The van der Waals surface area contributed by atoms with Gasteiger partial charge in [-0.05, 0) is 61.2 Å². The summed E-state index contributed by atoms with van der Waals surface area (Å²) in [6, 6.07) is 15.1. The maximum Gasteiger partial charge on any atom is 0.273 e. The third kappa shape index (κ3) is 3.74. The Morgan fingerprint density at radius 1 is 1.17 bits per heavy atom.